The molecule has 0 saturated carbocycles. The van der Waals surface area contributed by atoms with E-state index in [2.05, 4.69) is 0 Å². The average molecular weight is 193 g/mol. The topological polar surface area (TPSA) is 46.6 Å². The average Bonchev–Trinajstić information content (AvgIpc) is 2.06. The highest BCUT2D eigenvalue weighted by atomic mass is 32.2. The first-order valence-corrected chi connectivity index (χ1v) is 5.89. The van der Waals surface area contributed by atoms with Crippen molar-refractivity contribution < 1.29 is 12.7 Å². The molecule has 0 aromatic rings. The molecule has 1 heterocycles. The fourth-order valence-electron chi connectivity index (χ4n) is 1.15. The fourth-order valence-corrected chi connectivity index (χ4v) is 1.73. The van der Waals surface area contributed by atoms with Crippen LogP contribution in [0.2, 0.25) is 0 Å². The fraction of sp³-hybridized carbons (Fsp3) is 1.00. The Labute approximate surface area is 73.6 Å². The lowest BCUT2D eigenvalue weighted by Crippen LogP contribution is -2.32. The van der Waals surface area contributed by atoms with Crippen molar-refractivity contribution in [3.63, 3.8) is 0 Å². The lowest BCUT2D eigenvalue weighted by atomic mass is 10.2. The molecule has 1 rings (SSSR count). The summed E-state index contributed by atoms with van der Waals surface area (Å²) < 4.78 is 26.8. The summed E-state index contributed by atoms with van der Waals surface area (Å²) >= 11 is 0. The van der Waals surface area contributed by atoms with Gasteiger partial charge >= 0.3 is 0 Å². The molecule has 0 atom stereocenters. The van der Waals surface area contributed by atoms with Crippen molar-refractivity contribution in [2.75, 3.05) is 18.8 Å². The van der Waals surface area contributed by atoms with Crippen LogP contribution in [0, 0.1) is 0 Å². The van der Waals surface area contributed by atoms with Gasteiger partial charge in [0.05, 0.1) is 5.75 Å². The largest absolute Gasteiger partial charge is 0.283 e. The number of hydrogen-bond acceptors (Lipinski definition) is 4. The number of hydroxylamine groups is 2. The number of piperidine rings is 1. The normalized spacial score (nSPS) is 21.1. The molecule has 0 N–H and O–H groups in total. The molecule has 1 fully saturated rings. The van der Waals surface area contributed by atoms with Crippen LogP contribution in [0.15, 0.2) is 0 Å². The lowest BCUT2D eigenvalue weighted by molar-refractivity contribution is -0.0652. The standard InChI is InChI=1S/C7H15NO3S/c1-2-12(9,10)11-8-6-4-3-5-7-8/h2-7H2,1H3. The molecule has 4 nitrogen and oxygen atoms in total. The van der Waals surface area contributed by atoms with E-state index in [1.165, 1.54) is 6.42 Å². The highest BCUT2D eigenvalue weighted by Gasteiger charge is 2.17. The van der Waals surface area contributed by atoms with E-state index < -0.39 is 10.1 Å². The quantitative estimate of drug-likeness (QED) is 0.663. The molecule has 0 radical (unpaired) electrons. The van der Waals surface area contributed by atoms with Crippen molar-refractivity contribution in [3.05, 3.63) is 0 Å². The van der Waals surface area contributed by atoms with Gasteiger partial charge in [-0.15, -0.1) is 0 Å². The Bertz CT molecular complexity index is 219. The van der Waals surface area contributed by atoms with Gasteiger partial charge in [-0.2, -0.15) is 17.8 Å². The minimum absolute atomic E-state index is 0.0451. The molecule has 5 heteroatoms. The second-order valence-electron chi connectivity index (χ2n) is 2.91. The van der Waals surface area contributed by atoms with Crippen LogP contribution in [0.25, 0.3) is 0 Å². The predicted molar refractivity (Wildman–Crippen MR) is 46.0 cm³/mol. The van der Waals surface area contributed by atoms with Crippen LogP contribution in [-0.4, -0.2) is 32.3 Å². The summed E-state index contributed by atoms with van der Waals surface area (Å²) in [5.74, 6) is 0.0451. The van der Waals surface area contributed by atoms with Gasteiger partial charge in [0, 0.05) is 13.1 Å². The van der Waals surface area contributed by atoms with E-state index >= 15 is 0 Å². The summed E-state index contributed by atoms with van der Waals surface area (Å²) in [7, 11) is -3.29. The van der Waals surface area contributed by atoms with Crippen LogP contribution >= 0.6 is 0 Å². The van der Waals surface area contributed by atoms with Crippen molar-refractivity contribution >= 4 is 10.1 Å². The number of hydrogen-bond donors (Lipinski definition) is 0. The zero-order chi connectivity index (χ0) is 9.03. The first kappa shape index (κ1) is 9.95. The van der Waals surface area contributed by atoms with Crippen LogP contribution < -0.4 is 0 Å². The Balaban J connectivity index is 2.39. The van der Waals surface area contributed by atoms with Gasteiger partial charge in [-0.3, -0.25) is 0 Å². The van der Waals surface area contributed by atoms with Gasteiger partial charge in [0.2, 0.25) is 0 Å². The van der Waals surface area contributed by atoms with E-state index in [9.17, 15) is 8.42 Å². The van der Waals surface area contributed by atoms with E-state index in [4.69, 9.17) is 4.28 Å². The van der Waals surface area contributed by atoms with Crippen molar-refractivity contribution in [1.82, 2.24) is 5.06 Å². The van der Waals surface area contributed by atoms with Crippen LogP contribution in [-0.2, 0) is 14.4 Å². The van der Waals surface area contributed by atoms with Gasteiger partial charge < -0.3 is 0 Å². The summed E-state index contributed by atoms with van der Waals surface area (Å²) in [6.45, 7) is 3.05. The second-order valence-corrected chi connectivity index (χ2v) is 4.75. The van der Waals surface area contributed by atoms with Crippen molar-refractivity contribution in [2.45, 2.75) is 26.2 Å². The molecule has 0 aromatic heterocycles. The molecule has 12 heavy (non-hydrogen) atoms. The molecular formula is C7H15NO3S. The minimum atomic E-state index is -3.29. The monoisotopic (exact) mass is 193 g/mol. The van der Waals surface area contributed by atoms with Gasteiger partial charge in [0.1, 0.15) is 0 Å². The third-order valence-electron chi connectivity index (χ3n) is 1.89. The molecule has 0 amide bonds. The molecule has 0 bridgehead atoms. The van der Waals surface area contributed by atoms with Gasteiger partial charge in [-0.25, -0.2) is 0 Å². The van der Waals surface area contributed by atoms with Crippen molar-refractivity contribution in [2.24, 2.45) is 0 Å². The number of nitrogens with zero attached hydrogens (tertiary/aromatic N) is 1. The Hall–Kier alpha value is -0.130. The molecule has 1 aliphatic rings. The minimum Gasteiger partial charge on any atom is -0.198 e. The summed E-state index contributed by atoms with van der Waals surface area (Å²) in [6.07, 6.45) is 3.23. The van der Waals surface area contributed by atoms with Crippen LogP contribution in [0.1, 0.15) is 26.2 Å². The van der Waals surface area contributed by atoms with Crippen molar-refractivity contribution in [3.8, 4) is 0 Å². The summed E-state index contributed by atoms with van der Waals surface area (Å²) in [4.78, 5) is 0. The Kier molecular flexibility index (Phi) is 3.49. The van der Waals surface area contributed by atoms with E-state index in [1.807, 2.05) is 0 Å². The second kappa shape index (κ2) is 4.20. The summed E-state index contributed by atoms with van der Waals surface area (Å²) in [5, 5.41) is 1.54. The molecule has 0 unspecified atom stereocenters. The zero-order valence-electron chi connectivity index (χ0n) is 7.32. The maximum Gasteiger partial charge on any atom is 0.283 e. The molecular weight excluding hydrogens is 178 g/mol. The Morgan fingerprint density at radius 2 is 1.83 bits per heavy atom. The molecule has 1 saturated heterocycles. The summed E-state index contributed by atoms with van der Waals surface area (Å²) in [5.41, 5.74) is 0. The van der Waals surface area contributed by atoms with Gasteiger partial charge in [0.25, 0.3) is 10.1 Å². The first-order valence-electron chi connectivity index (χ1n) is 4.31. The van der Waals surface area contributed by atoms with Gasteiger partial charge in [0.15, 0.2) is 0 Å². The molecule has 0 spiro atoms. The highest BCUT2D eigenvalue weighted by Crippen LogP contribution is 2.10. The maximum atomic E-state index is 11.0. The lowest BCUT2D eigenvalue weighted by Gasteiger charge is -2.24. The molecule has 1 aliphatic heterocycles. The zero-order valence-corrected chi connectivity index (χ0v) is 8.14. The van der Waals surface area contributed by atoms with Crippen LogP contribution in [0.3, 0.4) is 0 Å². The number of rotatable bonds is 3. The van der Waals surface area contributed by atoms with E-state index in [0.717, 1.165) is 25.9 Å². The molecule has 0 aliphatic carbocycles. The van der Waals surface area contributed by atoms with E-state index in [-0.39, 0.29) is 5.75 Å². The first-order chi connectivity index (χ1) is 5.64. The van der Waals surface area contributed by atoms with E-state index in [1.54, 1.807) is 12.0 Å². The Morgan fingerprint density at radius 1 is 1.25 bits per heavy atom. The molecule has 72 valence electrons. The van der Waals surface area contributed by atoms with Gasteiger partial charge in [-0.05, 0) is 19.8 Å². The smallest absolute Gasteiger partial charge is 0.198 e. The molecule has 0 aromatic carbocycles. The third kappa shape index (κ3) is 3.08. The van der Waals surface area contributed by atoms with Crippen molar-refractivity contribution in [1.29, 1.82) is 0 Å². The predicted octanol–water partition coefficient (Wildman–Crippen LogP) is 0.754. The van der Waals surface area contributed by atoms with E-state index in [0.29, 0.717) is 0 Å². The Morgan fingerprint density at radius 3 is 2.33 bits per heavy atom. The van der Waals surface area contributed by atoms with Crippen LogP contribution in [0.5, 0.6) is 0 Å². The summed E-state index contributed by atoms with van der Waals surface area (Å²) in [6, 6.07) is 0. The highest BCUT2D eigenvalue weighted by molar-refractivity contribution is 7.86. The third-order valence-corrected chi connectivity index (χ3v) is 3.03. The van der Waals surface area contributed by atoms with Gasteiger partial charge in [-0.1, -0.05) is 6.42 Å². The maximum absolute atomic E-state index is 11.0. The SMILES string of the molecule is CCS(=O)(=O)ON1CCCCC1. The van der Waals surface area contributed by atoms with Crippen LogP contribution in [0.4, 0.5) is 0 Å².